The highest BCUT2D eigenvalue weighted by molar-refractivity contribution is 7.92. The number of hydrogen-bond donors (Lipinski definition) is 1. The Morgan fingerprint density at radius 3 is 2.02 bits per heavy atom. The maximum atomic E-state index is 13.5. The molecule has 0 unspecified atom stereocenters. The molecular formula is C28H30F3N3O5S2. The molecule has 4 rings (SSSR count). The predicted octanol–water partition coefficient (Wildman–Crippen LogP) is 5.41. The Morgan fingerprint density at radius 2 is 1.44 bits per heavy atom. The van der Waals surface area contributed by atoms with Crippen molar-refractivity contribution in [3.05, 3.63) is 83.9 Å². The molecule has 13 heteroatoms. The lowest BCUT2D eigenvalue weighted by atomic mass is 10.2. The van der Waals surface area contributed by atoms with E-state index in [0.717, 1.165) is 43.4 Å². The van der Waals surface area contributed by atoms with Crippen LogP contribution in [0.25, 0.3) is 0 Å². The summed E-state index contributed by atoms with van der Waals surface area (Å²) in [6.45, 7) is 1.79. The topological polar surface area (TPSA) is 104 Å². The van der Waals surface area contributed by atoms with E-state index in [2.05, 4.69) is 5.32 Å². The molecule has 1 aliphatic rings. The minimum atomic E-state index is -4.73. The number of nitrogens with one attached hydrogen (secondary N) is 1. The van der Waals surface area contributed by atoms with Crippen LogP contribution < -0.4 is 9.62 Å². The zero-order valence-corrected chi connectivity index (χ0v) is 23.9. The Labute approximate surface area is 237 Å². The fourth-order valence-electron chi connectivity index (χ4n) is 4.46. The minimum absolute atomic E-state index is 0.0601. The molecule has 1 heterocycles. The van der Waals surface area contributed by atoms with Gasteiger partial charge in [-0.15, -0.1) is 0 Å². The minimum Gasteiger partial charge on any atom is -0.325 e. The summed E-state index contributed by atoms with van der Waals surface area (Å²) in [7, 11) is -8.16. The first-order valence-electron chi connectivity index (χ1n) is 13.0. The van der Waals surface area contributed by atoms with Crippen LogP contribution in [0.15, 0.2) is 82.6 Å². The van der Waals surface area contributed by atoms with E-state index in [0.29, 0.717) is 23.5 Å². The van der Waals surface area contributed by atoms with Crippen LogP contribution in [-0.4, -0.2) is 46.7 Å². The molecule has 1 aliphatic heterocycles. The normalized spacial score (nSPS) is 15.2. The van der Waals surface area contributed by atoms with Gasteiger partial charge >= 0.3 is 6.18 Å². The van der Waals surface area contributed by atoms with Crippen molar-refractivity contribution >= 4 is 37.3 Å². The third-order valence-corrected chi connectivity index (χ3v) is 10.4. The number of rotatable bonds is 8. The summed E-state index contributed by atoms with van der Waals surface area (Å²) in [6, 6.07) is 14.9. The van der Waals surface area contributed by atoms with Gasteiger partial charge in [-0.05, 0) is 74.4 Å². The van der Waals surface area contributed by atoms with Crippen LogP contribution in [0.5, 0.6) is 0 Å². The maximum absolute atomic E-state index is 13.5. The van der Waals surface area contributed by atoms with Crippen molar-refractivity contribution in [2.24, 2.45) is 0 Å². The van der Waals surface area contributed by atoms with Gasteiger partial charge in [0.2, 0.25) is 15.9 Å². The van der Waals surface area contributed by atoms with Crippen molar-refractivity contribution in [3.63, 3.8) is 0 Å². The van der Waals surface area contributed by atoms with Crippen molar-refractivity contribution < 1.29 is 34.8 Å². The fraction of sp³-hybridized carbons (Fsp3) is 0.321. The van der Waals surface area contributed by atoms with Crippen molar-refractivity contribution in [1.82, 2.24) is 4.31 Å². The Morgan fingerprint density at radius 1 is 0.854 bits per heavy atom. The molecule has 220 valence electrons. The van der Waals surface area contributed by atoms with Gasteiger partial charge in [0.1, 0.15) is 6.54 Å². The Balaban J connectivity index is 1.58. The number of carbonyl (C=O) groups excluding carboxylic acids is 1. The van der Waals surface area contributed by atoms with E-state index in [9.17, 15) is 34.8 Å². The van der Waals surface area contributed by atoms with Crippen LogP contribution in [0.3, 0.4) is 0 Å². The number of alkyl halides is 3. The van der Waals surface area contributed by atoms with Crippen molar-refractivity contribution in [1.29, 1.82) is 0 Å². The summed E-state index contributed by atoms with van der Waals surface area (Å²) in [5.41, 5.74) is -0.440. The Bertz CT molecular complexity index is 1580. The summed E-state index contributed by atoms with van der Waals surface area (Å²) in [6.07, 6.45) is -1.24. The number of aryl methyl sites for hydroxylation is 1. The second-order valence-corrected chi connectivity index (χ2v) is 13.6. The van der Waals surface area contributed by atoms with Gasteiger partial charge in [0.25, 0.3) is 10.0 Å². The van der Waals surface area contributed by atoms with Crippen LogP contribution in [-0.2, 0) is 31.0 Å². The molecule has 1 amide bonds. The second-order valence-electron chi connectivity index (χ2n) is 9.76. The summed E-state index contributed by atoms with van der Waals surface area (Å²) >= 11 is 0. The van der Waals surface area contributed by atoms with E-state index < -0.39 is 44.2 Å². The van der Waals surface area contributed by atoms with Gasteiger partial charge < -0.3 is 5.32 Å². The van der Waals surface area contributed by atoms with Gasteiger partial charge in [-0.25, -0.2) is 16.8 Å². The maximum Gasteiger partial charge on any atom is 0.416 e. The van der Waals surface area contributed by atoms with Gasteiger partial charge in [0.05, 0.1) is 21.0 Å². The second kappa shape index (κ2) is 12.2. The zero-order chi connectivity index (χ0) is 29.8. The van der Waals surface area contributed by atoms with Gasteiger partial charge in [0, 0.05) is 18.8 Å². The number of sulfonamides is 2. The fourth-order valence-corrected chi connectivity index (χ4v) is 7.39. The van der Waals surface area contributed by atoms with E-state index in [1.54, 1.807) is 19.1 Å². The molecule has 3 aromatic rings. The average molecular weight is 610 g/mol. The van der Waals surface area contributed by atoms with Crippen LogP contribution in [0, 0.1) is 6.92 Å². The van der Waals surface area contributed by atoms with Gasteiger partial charge in [0.15, 0.2) is 0 Å². The number of halogens is 3. The number of nitrogens with zero attached hydrogens (tertiary/aromatic N) is 2. The molecule has 0 bridgehead atoms. The summed E-state index contributed by atoms with van der Waals surface area (Å²) in [5, 5.41) is 2.51. The van der Waals surface area contributed by atoms with E-state index in [4.69, 9.17) is 0 Å². The third kappa shape index (κ3) is 7.27. The third-order valence-electron chi connectivity index (χ3n) is 6.70. The summed E-state index contributed by atoms with van der Waals surface area (Å²) < 4.78 is 95.4. The van der Waals surface area contributed by atoms with Crippen LogP contribution in [0.2, 0.25) is 0 Å². The molecule has 3 aromatic carbocycles. The molecule has 1 fully saturated rings. The molecule has 41 heavy (non-hydrogen) atoms. The number of carbonyl (C=O) groups is 1. The highest BCUT2D eigenvalue weighted by Crippen LogP contribution is 2.33. The molecule has 1 saturated heterocycles. The van der Waals surface area contributed by atoms with Gasteiger partial charge in [-0.1, -0.05) is 36.6 Å². The molecule has 0 aromatic heterocycles. The molecule has 0 saturated carbocycles. The van der Waals surface area contributed by atoms with E-state index in [1.807, 2.05) is 0 Å². The number of benzene rings is 3. The first-order chi connectivity index (χ1) is 19.3. The standard InChI is InChI=1S/C28H30F3N3O5S2/c1-21-9-13-26(14-10-21)41(38,39)34(24-8-6-7-22(19-24)28(29,30)31)20-27(35)32-23-11-15-25(16-12-23)40(36,37)33-17-4-2-3-5-18-33/h6-16,19H,2-5,17-18,20H2,1H3,(H,32,35). The molecule has 0 aliphatic carbocycles. The smallest absolute Gasteiger partial charge is 0.325 e. The quantitative estimate of drug-likeness (QED) is 0.368. The molecule has 1 N–H and O–H groups in total. The Kier molecular flexibility index (Phi) is 9.10. The predicted molar refractivity (Wildman–Crippen MR) is 149 cm³/mol. The lowest BCUT2D eigenvalue weighted by Gasteiger charge is -2.25. The van der Waals surface area contributed by atoms with Crippen LogP contribution in [0.1, 0.15) is 36.8 Å². The molecular weight excluding hydrogens is 579 g/mol. The number of amides is 1. The van der Waals surface area contributed by atoms with Crippen LogP contribution in [0.4, 0.5) is 24.5 Å². The first kappa shape index (κ1) is 30.5. The molecule has 8 nitrogen and oxygen atoms in total. The highest BCUT2D eigenvalue weighted by atomic mass is 32.2. The monoisotopic (exact) mass is 609 g/mol. The molecule has 0 spiro atoms. The van der Waals surface area contributed by atoms with Crippen molar-refractivity contribution in [2.45, 2.75) is 48.6 Å². The highest BCUT2D eigenvalue weighted by Gasteiger charge is 2.33. The summed E-state index contributed by atoms with van der Waals surface area (Å²) in [4.78, 5) is 12.9. The lowest BCUT2D eigenvalue weighted by Crippen LogP contribution is -2.38. The average Bonchev–Trinajstić information content (AvgIpc) is 3.22. The van der Waals surface area contributed by atoms with Crippen molar-refractivity contribution in [2.75, 3.05) is 29.3 Å². The van der Waals surface area contributed by atoms with E-state index in [1.165, 1.54) is 46.8 Å². The van der Waals surface area contributed by atoms with E-state index >= 15 is 0 Å². The SMILES string of the molecule is Cc1ccc(S(=O)(=O)N(CC(=O)Nc2ccc(S(=O)(=O)N3CCCCCC3)cc2)c2cccc(C(F)(F)F)c2)cc1. The van der Waals surface area contributed by atoms with Crippen LogP contribution >= 0.6 is 0 Å². The van der Waals surface area contributed by atoms with E-state index in [-0.39, 0.29) is 21.2 Å². The molecule has 0 atom stereocenters. The number of anilines is 2. The largest absolute Gasteiger partial charge is 0.416 e. The zero-order valence-electron chi connectivity index (χ0n) is 22.3. The van der Waals surface area contributed by atoms with Gasteiger partial charge in [-0.3, -0.25) is 9.10 Å². The summed E-state index contributed by atoms with van der Waals surface area (Å²) in [5.74, 6) is -0.832. The Hall–Kier alpha value is -3.42. The lowest BCUT2D eigenvalue weighted by molar-refractivity contribution is -0.137. The molecule has 0 radical (unpaired) electrons. The van der Waals surface area contributed by atoms with Gasteiger partial charge in [-0.2, -0.15) is 17.5 Å². The first-order valence-corrected chi connectivity index (χ1v) is 15.8. The number of hydrogen-bond acceptors (Lipinski definition) is 5. The van der Waals surface area contributed by atoms with Crippen molar-refractivity contribution in [3.8, 4) is 0 Å².